The minimum absolute atomic E-state index is 0.0156. The minimum atomic E-state index is -0.577. The Hall–Kier alpha value is -2.88. The Balaban J connectivity index is 1.64. The lowest BCUT2D eigenvalue weighted by atomic mass is 10.0. The van der Waals surface area contributed by atoms with Crippen molar-refractivity contribution in [1.82, 2.24) is 29.9 Å². The van der Waals surface area contributed by atoms with Gasteiger partial charge in [0.15, 0.2) is 5.82 Å². The molecule has 2 N–H and O–H groups in total. The highest BCUT2D eigenvalue weighted by molar-refractivity contribution is 6.45. The number of esters is 1. The van der Waals surface area contributed by atoms with E-state index < -0.39 is 5.97 Å². The van der Waals surface area contributed by atoms with Gasteiger partial charge < -0.3 is 19.4 Å². The molecule has 32 heavy (non-hydrogen) atoms. The first-order valence-electron chi connectivity index (χ1n) is 10.3. The van der Waals surface area contributed by atoms with Crippen molar-refractivity contribution in [3.8, 4) is 22.6 Å². The second-order valence-electron chi connectivity index (χ2n) is 7.43. The summed E-state index contributed by atoms with van der Waals surface area (Å²) >= 11 is 12.7. The summed E-state index contributed by atoms with van der Waals surface area (Å²) in [6.07, 6.45) is 6.69. The molecule has 1 aliphatic heterocycles. The van der Waals surface area contributed by atoms with Crippen LogP contribution in [-0.2, 0) is 9.47 Å². The van der Waals surface area contributed by atoms with Crippen LogP contribution in [0.3, 0.4) is 0 Å². The van der Waals surface area contributed by atoms with Gasteiger partial charge in [0.05, 0.1) is 34.1 Å². The topological polar surface area (TPSA) is 111 Å². The number of aromatic amines is 2. The molecule has 0 radical (unpaired) electrons. The van der Waals surface area contributed by atoms with Crippen molar-refractivity contribution in [2.24, 2.45) is 0 Å². The van der Waals surface area contributed by atoms with Gasteiger partial charge in [0.25, 0.3) is 0 Å². The number of H-pyrrole nitrogens is 2. The molecule has 0 saturated carbocycles. The zero-order valence-corrected chi connectivity index (χ0v) is 18.7. The van der Waals surface area contributed by atoms with E-state index in [2.05, 4.69) is 25.3 Å². The highest BCUT2D eigenvalue weighted by Crippen LogP contribution is 2.41. The molecule has 1 saturated heterocycles. The number of halogens is 2. The number of carbonyl (C=O) groups excluding carboxylic acids is 1. The van der Waals surface area contributed by atoms with Gasteiger partial charge in [-0.25, -0.2) is 9.48 Å². The molecule has 1 aromatic carbocycles. The molecule has 1 fully saturated rings. The summed E-state index contributed by atoms with van der Waals surface area (Å²) in [5.41, 5.74) is 2.91. The number of aromatic nitrogens is 6. The van der Waals surface area contributed by atoms with Crippen LogP contribution in [0.4, 0.5) is 0 Å². The molecule has 1 aliphatic rings. The van der Waals surface area contributed by atoms with Crippen molar-refractivity contribution in [3.05, 3.63) is 40.4 Å². The second-order valence-corrected chi connectivity index (χ2v) is 8.22. The highest BCUT2D eigenvalue weighted by Gasteiger charge is 2.24. The van der Waals surface area contributed by atoms with Crippen molar-refractivity contribution < 1.29 is 14.3 Å². The fourth-order valence-electron chi connectivity index (χ4n) is 3.90. The molecule has 0 bridgehead atoms. The molecular formula is C21H20Cl2N6O3. The van der Waals surface area contributed by atoms with Gasteiger partial charge in [-0.05, 0) is 32.3 Å². The number of fused-ring (bicyclic) bond motifs is 1. The van der Waals surface area contributed by atoms with Crippen LogP contribution in [-0.4, -0.2) is 49.1 Å². The molecule has 3 aromatic heterocycles. The fraction of sp³-hybridized carbons (Fsp3) is 0.333. The molecule has 0 amide bonds. The molecule has 4 heterocycles. The summed E-state index contributed by atoms with van der Waals surface area (Å²) in [5.74, 6) is -0.192. The van der Waals surface area contributed by atoms with Crippen LogP contribution in [0, 0.1) is 0 Å². The van der Waals surface area contributed by atoms with Crippen molar-refractivity contribution in [3.63, 3.8) is 0 Å². The van der Waals surface area contributed by atoms with Gasteiger partial charge in [0.1, 0.15) is 6.23 Å². The smallest absolute Gasteiger partial charge is 0.376 e. The normalized spacial score (nSPS) is 16.5. The third-order valence-electron chi connectivity index (χ3n) is 5.40. The van der Waals surface area contributed by atoms with Crippen molar-refractivity contribution in [1.29, 1.82) is 0 Å². The zero-order chi connectivity index (χ0) is 22.2. The summed E-state index contributed by atoms with van der Waals surface area (Å²) in [6, 6.07) is 3.63. The average Bonchev–Trinajstić information content (AvgIpc) is 3.55. The van der Waals surface area contributed by atoms with Crippen LogP contribution in [0.15, 0.2) is 24.5 Å². The molecule has 166 valence electrons. The van der Waals surface area contributed by atoms with Crippen LogP contribution in [0.1, 0.15) is 43.0 Å². The number of rotatable bonds is 5. The summed E-state index contributed by atoms with van der Waals surface area (Å²) in [5, 5.41) is 14.3. The van der Waals surface area contributed by atoms with E-state index in [-0.39, 0.29) is 18.7 Å². The number of nitrogens with zero attached hydrogens (tertiary/aromatic N) is 4. The van der Waals surface area contributed by atoms with E-state index in [1.807, 2.05) is 16.9 Å². The molecule has 9 nitrogen and oxygen atoms in total. The molecule has 0 aliphatic carbocycles. The molecule has 0 spiro atoms. The third-order valence-corrected chi connectivity index (χ3v) is 6.20. The summed E-state index contributed by atoms with van der Waals surface area (Å²) < 4.78 is 12.7. The Labute approximate surface area is 193 Å². The quantitative estimate of drug-likeness (QED) is 0.393. The fourth-order valence-corrected chi connectivity index (χ4v) is 4.27. The first-order chi connectivity index (χ1) is 15.6. The molecule has 1 unspecified atom stereocenters. The third kappa shape index (κ3) is 3.66. The molecular weight excluding hydrogens is 455 g/mol. The second kappa shape index (κ2) is 8.57. The lowest BCUT2D eigenvalue weighted by Gasteiger charge is -2.22. The number of hydrogen-bond acceptors (Lipinski definition) is 6. The standard InChI is InChI=1S/C21H20Cl2N6O3/c1-2-31-21(30)20-26-19(27-28-20)18-15(12-6-7-13(22)16(23)17(12)25-18)11-9-24-29(10-11)14-5-3-4-8-32-14/h6-7,9-10,14,25H,2-5,8H2,1H3,(H,26,27,28). The van der Waals surface area contributed by atoms with Gasteiger partial charge in [0, 0.05) is 29.3 Å². The van der Waals surface area contributed by atoms with E-state index in [0.29, 0.717) is 27.1 Å². The largest absolute Gasteiger partial charge is 0.460 e. The Morgan fingerprint density at radius 3 is 2.94 bits per heavy atom. The van der Waals surface area contributed by atoms with Crippen LogP contribution in [0.2, 0.25) is 10.0 Å². The lowest BCUT2D eigenvalue weighted by Crippen LogP contribution is -2.18. The number of benzene rings is 1. The maximum atomic E-state index is 12.1. The molecule has 4 aromatic rings. The van der Waals surface area contributed by atoms with E-state index in [9.17, 15) is 4.79 Å². The molecule has 1 atom stereocenters. The van der Waals surface area contributed by atoms with E-state index in [0.717, 1.165) is 42.4 Å². The highest BCUT2D eigenvalue weighted by atomic mass is 35.5. The van der Waals surface area contributed by atoms with Crippen molar-refractivity contribution in [2.45, 2.75) is 32.4 Å². The Bertz CT molecular complexity index is 1290. The van der Waals surface area contributed by atoms with Gasteiger partial charge in [-0.15, -0.1) is 10.2 Å². The monoisotopic (exact) mass is 474 g/mol. The minimum Gasteiger partial charge on any atom is -0.460 e. The van der Waals surface area contributed by atoms with Crippen molar-refractivity contribution in [2.75, 3.05) is 13.2 Å². The van der Waals surface area contributed by atoms with Gasteiger partial charge in [-0.2, -0.15) is 5.10 Å². The van der Waals surface area contributed by atoms with Crippen LogP contribution < -0.4 is 0 Å². The predicted molar refractivity (Wildman–Crippen MR) is 120 cm³/mol. The Morgan fingerprint density at radius 1 is 1.28 bits per heavy atom. The zero-order valence-electron chi connectivity index (χ0n) is 17.2. The number of hydrogen-bond donors (Lipinski definition) is 2. The van der Waals surface area contributed by atoms with E-state index in [4.69, 9.17) is 32.7 Å². The number of ether oxygens (including phenoxy) is 2. The van der Waals surface area contributed by atoms with Gasteiger partial charge in [0.2, 0.25) is 5.82 Å². The number of carbonyl (C=O) groups is 1. The predicted octanol–water partition coefficient (Wildman–Crippen LogP) is 5.00. The van der Waals surface area contributed by atoms with E-state index in [1.165, 1.54) is 0 Å². The first-order valence-corrected chi connectivity index (χ1v) is 11.1. The van der Waals surface area contributed by atoms with Crippen LogP contribution in [0.5, 0.6) is 0 Å². The Morgan fingerprint density at radius 2 is 2.16 bits per heavy atom. The maximum Gasteiger partial charge on any atom is 0.376 e. The first kappa shape index (κ1) is 21.0. The summed E-state index contributed by atoms with van der Waals surface area (Å²) in [7, 11) is 0. The van der Waals surface area contributed by atoms with E-state index >= 15 is 0 Å². The van der Waals surface area contributed by atoms with Gasteiger partial charge in [-0.1, -0.05) is 29.3 Å². The SMILES string of the molecule is CCOC(=O)c1nnc(-c2[nH]c3c(Cl)c(Cl)ccc3c2-c2cnn(C3CCCCO3)c2)[nH]1. The summed E-state index contributed by atoms with van der Waals surface area (Å²) in [6.45, 7) is 2.69. The summed E-state index contributed by atoms with van der Waals surface area (Å²) in [4.78, 5) is 18.3. The van der Waals surface area contributed by atoms with Crippen molar-refractivity contribution >= 4 is 40.1 Å². The van der Waals surface area contributed by atoms with E-state index in [1.54, 1.807) is 19.2 Å². The molecule has 11 heteroatoms. The van der Waals surface area contributed by atoms with Crippen LogP contribution >= 0.6 is 23.2 Å². The van der Waals surface area contributed by atoms with Gasteiger partial charge >= 0.3 is 5.97 Å². The Kier molecular flexibility index (Phi) is 5.62. The lowest BCUT2D eigenvalue weighted by molar-refractivity contribution is -0.0394. The van der Waals surface area contributed by atoms with Crippen LogP contribution in [0.25, 0.3) is 33.5 Å². The maximum absolute atomic E-state index is 12.1. The average molecular weight is 475 g/mol. The molecule has 5 rings (SSSR count). The van der Waals surface area contributed by atoms with Gasteiger partial charge in [-0.3, -0.25) is 0 Å². The number of nitrogens with one attached hydrogen (secondary N) is 2.